The van der Waals surface area contributed by atoms with Gasteiger partial charge in [0.25, 0.3) is 0 Å². The van der Waals surface area contributed by atoms with Crippen LogP contribution in [0, 0.1) is 6.92 Å². The number of ether oxygens (including phenoxy) is 1. The largest absolute Gasteiger partial charge is 0.495 e. The van der Waals surface area contributed by atoms with Gasteiger partial charge in [0.1, 0.15) is 11.8 Å². The molecule has 3 aromatic rings. The summed E-state index contributed by atoms with van der Waals surface area (Å²) in [5, 5.41) is 6.41. The molecule has 6 heteroatoms. The van der Waals surface area contributed by atoms with Crippen molar-refractivity contribution >= 4 is 23.2 Å². The Balaban J connectivity index is 1.49. The SMILES string of the molecule is COc1ccc(C)cc1NC(=O)[C@H](NCc1ccc(N2CCCC2=O)cc1)c1ccccc1. The molecule has 1 saturated heterocycles. The van der Waals surface area contributed by atoms with E-state index in [0.29, 0.717) is 24.4 Å². The Morgan fingerprint density at radius 3 is 2.48 bits per heavy atom. The van der Waals surface area contributed by atoms with Crippen molar-refractivity contribution in [2.75, 3.05) is 23.9 Å². The molecular weight excluding hydrogens is 414 g/mol. The molecule has 0 bridgehead atoms. The number of rotatable bonds is 8. The Morgan fingerprint density at radius 1 is 1.06 bits per heavy atom. The number of carbonyl (C=O) groups is 2. The number of hydrogen-bond donors (Lipinski definition) is 2. The minimum Gasteiger partial charge on any atom is -0.495 e. The highest BCUT2D eigenvalue weighted by Gasteiger charge is 2.23. The first-order valence-corrected chi connectivity index (χ1v) is 11.2. The lowest BCUT2D eigenvalue weighted by Gasteiger charge is -2.21. The van der Waals surface area contributed by atoms with E-state index in [0.717, 1.165) is 35.3 Å². The van der Waals surface area contributed by atoms with Crippen LogP contribution in [0.4, 0.5) is 11.4 Å². The van der Waals surface area contributed by atoms with Crippen molar-refractivity contribution in [2.24, 2.45) is 0 Å². The second kappa shape index (κ2) is 10.3. The van der Waals surface area contributed by atoms with Gasteiger partial charge in [-0.1, -0.05) is 48.5 Å². The minimum absolute atomic E-state index is 0.163. The summed E-state index contributed by atoms with van der Waals surface area (Å²) >= 11 is 0. The van der Waals surface area contributed by atoms with Crippen LogP contribution < -0.4 is 20.3 Å². The van der Waals surface area contributed by atoms with Crippen molar-refractivity contribution in [3.63, 3.8) is 0 Å². The fourth-order valence-corrected chi connectivity index (χ4v) is 4.07. The van der Waals surface area contributed by atoms with Gasteiger partial charge in [-0.25, -0.2) is 0 Å². The highest BCUT2D eigenvalue weighted by Crippen LogP contribution is 2.27. The van der Waals surface area contributed by atoms with Crippen LogP contribution in [0.1, 0.15) is 35.6 Å². The molecule has 4 rings (SSSR count). The molecular formula is C27H29N3O3. The van der Waals surface area contributed by atoms with Crippen LogP contribution in [0.2, 0.25) is 0 Å². The molecule has 1 aliphatic rings. The monoisotopic (exact) mass is 443 g/mol. The molecule has 3 aromatic carbocycles. The molecule has 0 saturated carbocycles. The maximum absolute atomic E-state index is 13.3. The number of amides is 2. The average molecular weight is 444 g/mol. The maximum Gasteiger partial charge on any atom is 0.246 e. The number of nitrogens with one attached hydrogen (secondary N) is 2. The van der Waals surface area contributed by atoms with Gasteiger partial charge in [0.15, 0.2) is 0 Å². The van der Waals surface area contributed by atoms with Crippen molar-refractivity contribution in [1.29, 1.82) is 0 Å². The molecule has 6 nitrogen and oxygen atoms in total. The summed E-state index contributed by atoms with van der Waals surface area (Å²) in [5.41, 5.74) is 4.51. The van der Waals surface area contributed by atoms with Gasteiger partial charge < -0.3 is 15.0 Å². The quantitative estimate of drug-likeness (QED) is 0.534. The van der Waals surface area contributed by atoms with E-state index >= 15 is 0 Å². The lowest BCUT2D eigenvalue weighted by atomic mass is 10.0. The average Bonchev–Trinajstić information content (AvgIpc) is 3.26. The predicted octanol–water partition coefficient (Wildman–Crippen LogP) is 4.60. The molecule has 0 spiro atoms. The fourth-order valence-electron chi connectivity index (χ4n) is 4.07. The Labute approximate surface area is 194 Å². The van der Waals surface area contributed by atoms with Crippen molar-refractivity contribution < 1.29 is 14.3 Å². The molecule has 2 N–H and O–H groups in total. The van der Waals surface area contributed by atoms with Crippen LogP contribution in [-0.4, -0.2) is 25.5 Å². The summed E-state index contributed by atoms with van der Waals surface area (Å²) in [5.74, 6) is 0.630. The molecule has 0 aromatic heterocycles. The van der Waals surface area contributed by atoms with E-state index in [1.807, 2.05) is 84.6 Å². The number of carbonyl (C=O) groups excluding carboxylic acids is 2. The van der Waals surface area contributed by atoms with Gasteiger partial charge in [0.2, 0.25) is 11.8 Å². The van der Waals surface area contributed by atoms with E-state index < -0.39 is 6.04 Å². The van der Waals surface area contributed by atoms with Crippen LogP contribution in [0.5, 0.6) is 5.75 Å². The Kier molecular flexibility index (Phi) is 7.05. The molecule has 2 amide bonds. The third kappa shape index (κ3) is 5.41. The van der Waals surface area contributed by atoms with E-state index in [1.165, 1.54) is 0 Å². The molecule has 170 valence electrons. The first-order valence-electron chi connectivity index (χ1n) is 11.2. The summed E-state index contributed by atoms with van der Waals surface area (Å²) < 4.78 is 5.41. The Hall–Kier alpha value is -3.64. The first-order chi connectivity index (χ1) is 16.0. The second-order valence-electron chi connectivity index (χ2n) is 8.23. The van der Waals surface area contributed by atoms with Crippen LogP contribution >= 0.6 is 0 Å². The number of aryl methyl sites for hydroxylation is 1. The summed E-state index contributed by atoms with van der Waals surface area (Å²) in [7, 11) is 1.59. The second-order valence-corrected chi connectivity index (χ2v) is 8.23. The van der Waals surface area contributed by atoms with Crippen LogP contribution in [0.3, 0.4) is 0 Å². The van der Waals surface area contributed by atoms with Gasteiger partial charge in [0, 0.05) is 25.2 Å². The first kappa shape index (κ1) is 22.6. The molecule has 33 heavy (non-hydrogen) atoms. The van der Waals surface area contributed by atoms with E-state index in [4.69, 9.17) is 4.74 Å². The molecule has 1 fully saturated rings. The van der Waals surface area contributed by atoms with Crippen molar-refractivity contribution in [3.05, 3.63) is 89.5 Å². The molecule has 0 radical (unpaired) electrons. The molecule has 0 aliphatic carbocycles. The van der Waals surface area contributed by atoms with Gasteiger partial charge >= 0.3 is 0 Å². The van der Waals surface area contributed by atoms with Crippen LogP contribution in [0.15, 0.2) is 72.8 Å². The number of anilines is 2. The third-order valence-electron chi connectivity index (χ3n) is 5.84. The number of hydrogen-bond acceptors (Lipinski definition) is 4. The fraction of sp³-hybridized carbons (Fsp3) is 0.259. The summed E-state index contributed by atoms with van der Waals surface area (Å²) in [6.45, 7) is 3.25. The van der Waals surface area contributed by atoms with Gasteiger partial charge in [-0.15, -0.1) is 0 Å². The van der Waals surface area contributed by atoms with Gasteiger partial charge in [0.05, 0.1) is 12.8 Å². The number of nitrogens with zero attached hydrogens (tertiary/aromatic N) is 1. The molecule has 0 unspecified atom stereocenters. The van der Waals surface area contributed by atoms with Gasteiger partial charge in [-0.2, -0.15) is 0 Å². The smallest absolute Gasteiger partial charge is 0.246 e. The van der Waals surface area contributed by atoms with Crippen LogP contribution in [-0.2, 0) is 16.1 Å². The Morgan fingerprint density at radius 2 is 1.82 bits per heavy atom. The van der Waals surface area contributed by atoms with E-state index in [2.05, 4.69) is 10.6 Å². The highest BCUT2D eigenvalue weighted by molar-refractivity contribution is 5.97. The number of benzene rings is 3. The zero-order chi connectivity index (χ0) is 23.2. The standard InChI is InChI=1S/C27H29N3O3/c1-19-10-15-24(33-2)23(17-19)29-27(32)26(21-7-4-3-5-8-21)28-18-20-11-13-22(14-12-20)30-16-6-9-25(30)31/h3-5,7-8,10-15,17,26,28H,6,9,16,18H2,1-2H3,(H,29,32)/t26-/m1/s1. The topological polar surface area (TPSA) is 70.7 Å². The summed E-state index contributed by atoms with van der Waals surface area (Å²) in [6, 6.07) is 22.7. The normalized spacial score (nSPS) is 14.2. The molecule has 1 atom stereocenters. The molecule has 1 heterocycles. The third-order valence-corrected chi connectivity index (χ3v) is 5.84. The van der Waals surface area contributed by atoms with Crippen molar-refractivity contribution in [3.8, 4) is 5.75 Å². The Bertz CT molecular complexity index is 1110. The van der Waals surface area contributed by atoms with E-state index in [9.17, 15) is 9.59 Å². The van der Waals surface area contributed by atoms with Crippen molar-refractivity contribution in [1.82, 2.24) is 5.32 Å². The highest BCUT2D eigenvalue weighted by atomic mass is 16.5. The van der Waals surface area contributed by atoms with Gasteiger partial charge in [-0.05, 0) is 54.3 Å². The predicted molar refractivity (Wildman–Crippen MR) is 130 cm³/mol. The summed E-state index contributed by atoms with van der Waals surface area (Å²) in [4.78, 5) is 27.1. The lowest BCUT2D eigenvalue weighted by molar-refractivity contribution is -0.118. The zero-order valence-corrected chi connectivity index (χ0v) is 19.0. The molecule has 1 aliphatic heterocycles. The van der Waals surface area contributed by atoms with E-state index in [-0.39, 0.29) is 11.8 Å². The summed E-state index contributed by atoms with van der Waals surface area (Å²) in [6.07, 6.45) is 1.52. The lowest BCUT2D eigenvalue weighted by Crippen LogP contribution is -2.33. The van der Waals surface area contributed by atoms with Crippen molar-refractivity contribution in [2.45, 2.75) is 32.4 Å². The maximum atomic E-state index is 13.3. The zero-order valence-electron chi connectivity index (χ0n) is 19.0. The van der Waals surface area contributed by atoms with Crippen LogP contribution in [0.25, 0.3) is 0 Å². The minimum atomic E-state index is -0.545. The number of methoxy groups -OCH3 is 1. The van der Waals surface area contributed by atoms with E-state index in [1.54, 1.807) is 7.11 Å². The van der Waals surface area contributed by atoms with Gasteiger partial charge in [-0.3, -0.25) is 14.9 Å².